The van der Waals surface area contributed by atoms with Gasteiger partial charge in [-0.05, 0) is 49.6 Å². The topological polar surface area (TPSA) is 107 Å². The molecule has 1 amide bonds. The van der Waals surface area contributed by atoms with Crippen molar-refractivity contribution in [1.29, 1.82) is 0 Å². The number of esters is 1. The summed E-state index contributed by atoms with van der Waals surface area (Å²) in [7, 11) is 1.45. The Morgan fingerprint density at radius 1 is 1.22 bits per heavy atom. The van der Waals surface area contributed by atoms with E-state index in [-0.39, 0.29) is 17.3 Å². The van der Waals surface area contributed by atoms with Crippen LogP contribution in [0.5, 0.6) is 0 Å². The summed E-state index contributed by atoms with van der Waals surface area (Å²) in [5, 5.41) is 6.75. The molecule has 0 fully saturated rings. The van der Waals surface area contributed by atoms with E-state index in [0.29, 0.717) is 35.3 Å². The Kier molecular flexibility index (Phi) is 4.89. The standard InChI is InChI=1S/C19H19N3O5/c1-10-11(2)21-22(3)18(25)17(10)19(26)27-9-15(23)13-4-6-14-12(8-13)5-7-16(24)20-14/h4,6,8H,5,7,9H2,1-3H3,(H,20,24). The van der Waals surface area contributed by atoms with Crippen molar-refractivity contribution in [1.82, 2.24) is 9.78 Å². The van der Waals surface area contributed by atoms with Gasteiger partial charge in [0.05, 0.1) is 5.69 Å². The van der Waals surface area contributed by atoms with Crippen LogP contribution in [0.15, 0.2) is 23.0 Å². The Balaban J connectivity index is 1.74. The first-order valence-electron chi connectivity index (χ1n) is 8.45. The lowest BCUT2D eigenvalue weighted by Crippen LogP contribution is -2.30. The molecule has 1 aromatic carbocycles. The highest BCUT2D eigenvalue weighted by molar-refractivity contribution is 6.01. The molecule has 0 spiro atoms. The van der Waals surface area contributed by atoms with Crippen molar-refractivity contribution in [3.05, 3.63) is 56.5 Å². The normalized spacial score (nSPS) is 12.9. The number of ether oxygens (including phenoxy) is 1. The number of rotatable bonds is 4. The van der Waals surface area contributed by atoms with Gasteiger partial charge in [0.15, 0.2) is 12.4 Å². The number of carbonyl (C=O) groups excluding carboxylic acids is 3. The zero-order valence-electron chi connectivity index (χ0n) is 15.3. The van der Waals surface area contributed by atoms with Crippen LogP contribution >= 0.6 is 0 Å². The average molecular weight is 369 g/mol. The highest BCUT2D eigenvalue weighted by Gasteiger charge is 2.21. The molecule has 8 heteroatoms. The minimum absolute atomic E-state index is 0.0555. The molecule has 0 saturated heterocycles. The van der Waals surface area contributed by atoms with Gasteiger partial charge < -0.3 is 10.1 Å². The lowest BCUT2D eigenvalue weighted by molar-refractivity contribution is -0.116. The van der Waals surface area contributed by atoms with Gasteiger partial charge in [0, 0.05) is 24.7 Å². The fourth-order valence-electron chi connectivity index (χ4n) is 2.93. The van der Waals surface area contributed by atoms with Crippen molar-refractivity contribution in [2.24, 2.45) is 7.05 Å². The number of ketones is 1. The van der Waals surface area contributed by atoms with Crippen LogP contribution in [0.25, 0.3) is 0 Å². The molecule has 2 heterocycles. The molecule has 27 heavy (non-hydrogen) atoms. The van der Waals surface area contributed by atoms with Gasteiger partial charge in [-0.15, -0.1) is 0 Å². The third kappa shape index (κ3) is 3.64. The van der Waals surface area contributed by atoms with E-state index in [1.54, 1.807) is 32.0 Å². The predicted octanol–water partition coefficient (Wildman–Crippen LogP) is 1.32. The summed E-state index contributed by atoms with van der Waals surface area (Å²) in [5.41, 5.74) is 2.21. The van der Waals surface area contributed by atoms with Gasteiger partial charge in [-0.2, -0.15) is 5.10 Å². The van der Waals surface area contributed by atoms with Gasteiger partial charge in [-0.1, -0.05) is 0 Å². The van der Waals surface area contributed by atoms with Crippen molar-refractivity contribution in [2.45, 2.75) is 26.7 Å². The van der Waals surface area contributed by atoms with Crippen LogP contribution in [-0.2, 0) is 23.0 Å². The number of amides is 1. The lowest BCUT2D eigenvalue weighted by Gasteiger charge is -2.17. The second kappa shape index (κ2) is 7.14. The first kappa shape index (κ1) is 18.5. The molecule has 0 saturated carbocycles. The van der Waals surface area contributed by atoms with Crippen molar-refractivity contribution >= 4 is 23.3 Å². The van der Waals surface area contributed by atoms with E-state index in [0.717, 1.165) is 10.2 Å². The first-order chi connectivity index (χ1) is 12.8. The third-order valence-electron chi connectivity index (χ3n) is 4.59. The summed E-state index contributed by atoms with van der Waals surface area (Å²) in [4.78, 5) is 48.3. The quantitative estimate of drug-likeness (QED) is 0.643. The van der Waals surface area contributed by atoms with E-state index in [1.165, 1.54) is 7.05 Å². The number of nitrogens with one attached hydrogen (secondary N) is 1. The second-order valence-electron chi connectivity index (χ2n) is 6.43. The predicted molar refractivity (Wildman–Crippen MR) is 97.0 cm³/mol. The van der Waals surface area contributed by atoms with E-state index in [2.05, 4.69) is 10.4 Å². The van der Waals surface area contributed by atoms with Gasteiger partial charge in [0.25, 0.3) is 5.56 Å². The van der Waals surface area contributed by atoms with Crippen LogP contribution in [0.1, 0.15) is 44.0 Å². The van der Waals surface area contributed by atoms with Crippen molar-refractivity contribution in [3.8, 4) is 0 Å². The molecule has 0 unspecified atom stereocenters. The smallest absolute Gasteiger partial charge is 0.344 e. The molecule has 0 radical (unpaired) electrons. The number of Topliss-reactive ketones (excluding diaryl/α,β-unsaturated/α-hetero) is 1. The van der Waals surface area contributed by atoms with Gasteiger partial charge in [-0.3, -0.25) is 14.4 Å². The number of fused-ring (bicyclic) bond motifs is 1. The zero-order chi connectivity index (χ0) is 19.7. The molecule has 0 atom stereocenters. The van der Waals surface area contributed by atoms with Crippen LogP contribution in [0, 0.1) is 13.8 Å². The number of hydrogen-bond donors (Lipinski definition) is 1. The number of anilines is 1. The maximum atomic E-state index is 12.4. The molecule has 0 bridgehead atoms. The summed E-state index contributed by atoms with van der Waals surface area (Å²) in [6.07, 6.45) is 0.914. The summed E-state index contributed by atoms with van der Waals surface area (Å²) in [6.45, 7) is 2.82. The molecular weight excluding hydrogens is 350 g/mol. The molecule has 140 valence electrons. The van der Waals surface area contributed by atoms with Crippen LogP contribution < -0.4 is 10.9 Å². The number of benzene rings is 1. The van der Waals surface area contributed by atoms with Gasteiger partial charge in [0.2, 0.25) is 5.91 Å². The minimum atomic E-state index is -0.850. The maximum Gasteiger partial charge on any atom is 0.344 e. The molecular formula is C19H19N3O5. The fourth-order valence-corrected chi connectivity index (χ4v) is 2.93. The molecule has 8 nitrogen and oxygen atoms in total. The Morgan fingerprint density at radius 2 is 1.96 bits per heavy atom. The van der Waals surface area contributed by atoms with E-state index in [4.69, 9.17) is 4.74 Å². The summed E-state index contributed by atoms with van der Waals surface area (Å²) >= 11 is 0. The maximum absolute atomic E-state index is 12.4. The molecule has 1 aliphatic heterocycles. The Morgan fingerprint density at radius 3 is 2.70 bits per heavy atom. The molecule has 1 aromatic heterocycles. The number of nitrogens with zero attached hydrogens (tertiary/aromatic N) is 2. The van der Waals surface area contributed by atoms with Crippen LogP contribution in [0.3, 0.4) is 0 Å². The van der Waals surface area contributed by atoms with Gasteiger partial charge in [0.1, 0.15) is 5.56 Å². The highest BCUT2D eigenvalue weighted by atomic mass is 16.5. The Labute approximate surface area is 155 Å². The van der Waals surface area contributed by atoms with Crippen molar-refractivity contribution in [3.63, 3.8) is 0 Å². The fraction of sp³-hybridized carbons (Fsp3) is 0.316. The van der Waals surface area contributed by atoms with Crippen LogP contribution in [0.4, 0.5) is 5.69 Å². The average Bonchev–Trinajstić information content (AvgIpc) is 2.64. The number of aromatic nitrogens is 2. The lowest BCUT2D eigenvalue weighted by atomic mass is 9.99. The van der Waals surface area contributed by atoms with Crippen LogP contribution in [-0.4, -0.2) is 34.0 Å². The Hall–Kier alpha value is -3.29. The first-order valence-corrected chi connectivity index (χ1v) is 8.45. The van der Waals surface area contributed by atoms with Crippen molar-refractivity contribution in [2.75, 3.05) is 11.9 Å². The second-order valence-corrected chi connectivity index (χ2v) is 6.43. The van der Waals surface area contributed by atoms with Crippen LogP contribution in [0.2, 0.25) is 0 Å². The monoisotopic (exact) mass is 369 g/mol. The largest absolute Gasteiger partial charge is 0.454 e. The number of carbonyl (C=O) groups is 3. The van der Waals surface area contributed by atoms with Gasteiger partial charge >= 0.3 is 5.97 Å². The minimum Gasteiger partial charge on any atom is -0.454 e. The van der Waals surface area contributed by atoms with E-state index >= 15 is 0 Å². The van der Waals surface area contributed by atoms with E-state index in [1.807, 2.05) is 0 Å². The van der Waals surface area contributed by atoms with E-state index < -0.39 is 18.1 Å². The number of hydrogen-bond acceptors (Lipinski definition) is 6. The summed E-state index contributed by atoms with van der Waals surface area (Å²) in [6, 6.07) is 4.92. The van der Waals surface area contributed by atoms with E-state index in [9.17, 15) is 19.2 Å². The molecule has 1 N–H and O–H groups in total. The molecule has 1 aliphatic rings. The summed E-state index contributed by atoms with van der Waals surface area (Å²) < 4.78 is 6.15. The SMILES string of the molecule is Cc1nn(C)c(=O)c(C(=O)OCC(=O)c2ccc3c(c2)CCC(=O)N3)c1C. The Bertz CT molecular complexity index is 1020. The molecule has 2 aromatic rings. The third-order valence-corrected chi connectivity index (χ3v) is 4.59. The zero-order valence-corrected chi connectivity index (χ0v) is 15.3. The van der Waals surface area contributed by atoms with Crippen molar-refractivity contribution < 1.29 is 19.1 Å². The molecule has 0 aliphatic carbocycles. The highest BCUT2D eigenvalue weighted by Crippen LogP contribution is 2.23. The van der Waals surface area contributed by atoms with Gasteiger partial charge in [-0.25, -0.2) is 9.48 Å². The summed E-state index contributed by atoms with van der Waals surface area (Å²) in [5.74, 6) is -1.29. The molecule has 3 rings (SSSR count). The number of aryl methyl sites for hydroxylation is 3.